The van der Waals surface area contributed by atoms with Crippen LogP contribution in [0.5, 0.6) is 0 Å². The van der Waals surface area contributed by atoms with Crippen LogP contribution in [0.25, 0.3) is 22.6 Å². The molecule has 7 nitrogen and oxygen atoms in total. The average molecular weight is 398 g/mol. The molecule has 1 N–H and O–H groups in total. The summed E-state index contributed by atoms with van der Waals surface area (Å²) in [5.41, 5.74) is 2.94. The van der Waals surface area contributed by atoms with Crippen molar-refractivity contribution in [2.24, 2.45) is 0 Å². The van der Waals surface area contributed by atoms with Crippen LogP contribution in [0.15, 0.2) is 65.7 Å². The molecule has 0 saturated heterocycles. The highest BCUT2D eigenvalue weighted by Gasteiger charge is 2.38. The zero-order valence-corrected chi connectivity index (χ0v) is 14.8. The van der Waals surface area contributed by atoms with E-state index in [1.165, 1.54) is 6.33 Å². The van der Waals surface area contributed by atoms with Gasteiger partial charge in [-0.3, -0.25) is 4.98 Å². The molecular weight excluding hydrogens is 385 g/mol. The summed E-state index contributed by atoms with van der Waals surface area (Å²) in [6.07, 6.45) is 0.197. The van der Waals surface area contributed by atoms with Gasteiger partial charge in [-0.15, -0.1) is 0 Å². The van der Waals surface area contributed by atoms with Crippen LogP contribution in [0.1, 0.15) is 11.5 Å². The minimum Gasteiger partial charge on any atom is -0.366 e. The van der Waals surface area contributed by atoms with E-state index in [9.17, 15) is 13.2 Å². The molecule has 4 aromatic rings. The number of alkyl halides is 3. The number of hydrogen-bond acceptors (Lipinski definition) is 7. The summed E-state index contributed by atoms with van der Waals surface area (Å²) in [4.78, 5) is 15.9. The molecule has 0 aliphatic heterocycles. The largest absolute Gasteiger partial charge is 0.471 e. The maximum Gasteiger partial charge on any atom is 0.471 e. The van der Waals surface area contributed by atoms with Crippen molar-refractivity contribution in [3.05, 3.63) is 72.6 Å². The molecule has 0 saturated carbocycles. The van der Waals surface area contributed by atoms with Crippen LogP contribution in [0.3, 0.4) is 0 Å². The topological polar surface area (TPSA) is 89.6 Å². The average Bonchev–Trinajstić information content (AvgIpc) is 3.24. The van der Waals surface area contributed by atoms with Gasteiger partial charge < -0.3 is 9.84 Å². The monoisotopic (exact) mass is 398 g/mol. The molecule has 1 aromatic carbocycles. The van der Waals surface area contributed by atoms with Crippen LogP contribution in [-0.4, -0.2) is 25.1 Å². The van der Waals surface area contributed by atoms with Crippen LogP contribution in [0.2, 0.25) is 0 Å². The van der Waals surface area contributed by atoms with Crippen molar-refractivity contribution in [3.8, 4) is 22.6 Å². The van der Waals surface area contributed by atoms with E-state index in [4.69, 9.17) is 0 Å². The number of pyridine rings is 1. The Morgan fingerprint density at radius 1 is 1.00 bits per heavy atom. The third-order valence-corrected chi connectivity index (χ3v) is 3.98. The molecule has 146 valence electrons. The third-order valence-electron chi connectivity index (χ3n) is 3.98. The quantitative estimate of drug-likeness (QED) is 0.538. The van der Waals surface area contributed by atoms with Gasteiger partial charge in [-0.25, -0.2) is 9.97 Å². The van der Waals surface area contributed by atoms with E-state index in [1.807, 2.05) is 18.2 Å². The lowest BCUT2D eigenvalue weighted by Crippen LogP contribution is -2.04. The fraction of sp³-hybridized carbons (Fsp3) is 0.105. The molecule has 0 unspecified atom stereocenters. The number of rotatable bonds is 5. The predicted molar refractivity (Wildman–Crippen MR) is 97.3 cm³/mol. The fourth-order valence-electron chi connectivity index (χ4n) is 2.55. The highest BCUT2D eigenvalue weighted by atomic mass is 19.4. The molecule has 4 rings (SSSR count). The van der Waals surface area contributed by atoms with E-state index < -0.39 is 12.1 Å². The number of hydrogen-bond donors (Lipinski definition) is 1. The maximum atomic E-state index is 12.6. The first kappa shape index (κ1) is 18.5. The summed E-state index contributed by atoms with van der Waals surface area (Å²) in [6, 6.07) is 12.3. The summed E-state index contributed by atoms with van der Waals surface area (Å²) in [5.74, 6) is -0.851. The van der Waals surface area contributed by atoms with E-state index in [0.717, 1.165) is 16.8 Å². The van der Waals surface area contributed by atoms with Crippen LogP contribution in [0, 0.1) is 0 Å². The molecule has 3 heterocycles. The van der Waals surface area contributed by atoms with Crippen molar-refractivity contribution < 1.29 is 17.7 Å². The van der Waals surface area contributed by atoms with Gasteiger partial charge in [0.05, 0.1) is 5.69 Å². The van der Waals surface area contributed by atoms with Crippen LogP contribution < -0.4 is 5.32 Å². The molecule has 0 radical (unpaired) electrons. The molecule has 10 heteroatoms. The normalized spacial score (nSPS) is 11.4. The second kappa shape index (κ2) is 7.66. The molecule has 0 atom stereocenters. The van der Waals surface area contributed by atoms with Gasteiger partial charge in [-0.05, 0) is 17.7 Å². The Morgan fingerprint density at radius 2 is 1.83 bits per heavy atom. The Balaban J connectivity index is 1.43. The van der Waals surface area contributed by atoms with Crippen molar-refractivity contribution in [3.63, 3.8) is 0 Å². The van der Waals surface area contributed by atoms with Crippen molar-refractivity contribution in [1.82, 2.24) is 25.1 Å². The van der Waals surface area contributed by atoms with Gasteiger partial charge in [0.2, 0.25) is 5.82 Å². The highest BCUT2D eigenvalue weighted by molar-refractivity contribution is 5.61. The Kier molecular flexibility index (Phi) is 4.90. The van der Waals surface area contributed by atoms with Gasteiger partial charge in [0.25, 0.3) is 0 Å². The lowest BCUT2D eigenvalue weighted by molar-refractivity contribution is -0.159. The summed E-state index contributed by atoms with van der Waals surface area (Å²) in [6.45, 7) is 0.462. The number of nitrogens with zero attached hydrogens (tertiary/aromatic N) is 5. The zero-order valence-electron chi connectivity index (χ0n) is 14.8. The number of anilines is 1. The van der Waals surface area contributed by atoms with Crippen LogP contribution in [-0.2, 0) is 12.7 Å². The first-order valence-corrected chi connectivity index (χ1v) is 8.45. The summed E-state index contributed by atoms with van der Waals surface area (Å²) in [5, 5.41) is 6.56. The van der Waals surface area contributed by atoms with E-state index in [0.29, 0.717) is 17.9 Å². The fourth-order valence-corrected chi connectivity index (χ4v) is 2.55. The van der Waals surface area contributed by atoms with Crippen LogP contribution in [0.4, 0.5) is 19.0 Å². The summed E-state index contributed by atoms with van der Waals surface area (Å²) in [7, 11) is 0. The Hall–Kier alpha value is -3.82. The van der Waals surface area contributed by atoms with E-state index >= 15 is 0 Å². The highest BCUT2D eigenvalue weighted by Crippen LogP contribution is 2.29. The second-order valence-electron chi connectivity index (χ2n) is 6.00. The molecule has 0 spiro atoms. The van der Waals surface area contributed by atoms with Gasteiger partial charge in [-0.2, -0.15) is 18.2 Å². The van der Waals surface area contributed by atoms with Gasteiger partial charge >= 0.3 is 12.1 Å². The lowest BCUT2D eigenvalue weighted by atomic mass is 10.1. The number of halogens is 3. The van der Waals surface area contributed by atoms with Crippen molar-refractivity contribution in [2.75, 3.05) is 5.32 Å². The SMILES string of the molecule is FC(F)(F)c1nc(-c2ccc(CNc3cc(-c4cccnc4)ncn3)cc2)no1. The molecule has 3 aromatic heterocycles. The smallest absolute Gasteiger partial charge is 0.366 e. The van der Waals surface area contributed by atoms with E-state index in [-0.39, 0.29) is 5.82 Å². The molecular formula is C19H13F3N6O. The Morgan fingerprint density at radius 3 is 2.52 bits per heavy atom. The molecule has 0 fully saturated rings. The molecule has 29 heavy (non-hydrogen) atoms. The Bertz CT molecular complexity index is 1100. The molecule has 0 aliphatic rings. The minimum absolute atomic E-state index is 0.117. The summed E-state index contributed by atoms with van der Waals surface area (Å²) >= 11 is 0. The van der Waals surface area contributed by atoms with Crippen molar-refractivity contribution in [2.45, 2.75) is 12.7 Å². The minimum atomic E-state index is -4.67. The number of aromatic nitrogens is 5. The van der Waals surface area contributed by atoms with E-state index in [2.05, 4.69) is 34.9 Å². The second-order valence-corrected chi connectivity index (χ2v) is 6.00. The number of benzene rings is 1. The standard InChI is InChI=1S/C19H13F3N6O/c20-19(21,22)18-27-17(28-29-18)13-5-3-12(4-6-13)9-24-16-8-15(25-11-26-16)14-2-1-7-23-10-14/h1-8,10-11H,9H2,(H,24,25,26). The predicted octanol–water partition coefficient (Wildman–Crippen LogP) is 4.22. The maximum absolute atomic E-state index is 12.6. The first-order chi connectivity index (χ1) is 14.0. The van der Waals surface area contributed by atoms with Gasteiger partial charge in [0.1, 0.15) is 12.1 Å². The molecule has 0 amide bonds. The van der Waals surface area contributed by atoms with Gasteiger partial charge in [-0.1, -0.05) is 29.4 Å². The van der Waals surface area contributed by atoms with Gasteiger partial charge in [0, 0.05) is 36.1 Å². The Labute approximate surface area is 162 Å². The van der Waals surface area contributed by atoms with Crippen LogP contribution >= 0.6 is 0 Å². The number of nitrogens with one attached hydrogen (secondary N) is 1. The van der Waals surface area contributed by atoms with Crippen molar-refractivity contribution >= 4 is 5.82 Å². The van der Waals surface area contributed by atoms with Gasteiger partial charge in [0.15, 0.2) is 0 Å². The van der Waals surface area contributed by atoms with Crippen molar-refractivity contribution in [1.29, 1.82) is 0 Å². The lowest BCUT2D eigenvalue weighted by Gasteiger charge is -2.07. The summed E-state index contributed by atoms with van der Waals surface area (Å²) < 4.78 is 41.9. The molecule has 0 bridgehead atoms. The third kappa shape index (κ3) is 4.37. The first-order valence-electron chi connectivity index (χ1n) is 8.45. The van der Waals surface area contributed by atoms with E-state index in [1.54, 1.807) is 36.7 Å². The zero-order chi connectivity index (χ0) is 20.3. The molecule has 0 aliphatic carbocycles.